The molecule has 1 aromatic carbocycles. The second-order valence-corrected chi connectivity index (χ2v) is 4.01. The largest absolute Gasteiger partial charge is 0.490 e. The van der Waals surface area contributed by atoms with Crippen molar-refractivity contribution < 1.29 is 9.66 Å². The van der Waals surface area contributed by atoms with E-state index in [4.69, 9.17) is 10.00 Å². The van der Waals surface area contributed by atoms with Crippen LogP contribution in [-0.4, -0.2) is 11.0 Å². The topological polar surface area (TPSA) is 76.2 Å². The second kappa shape index (κ2) is 5.30. The Morgan fingerprint density at radius 3 is 2.65 bits per heavy atom. The van der Waals surface area contributed by atoms with Gasteiger partial charge in [-0.1, -0.05) is 0 Å². The van der Waals surface area contributed by atoms with Crippen molar-refractivity contribution in [2.24, 2.45) is 0 Å². The molecule has 0 N–H and O–H groups in total. The summed E-state index contributed by atoms with van der Waals surface area (Å²) in [6.07, 6.45) is 0.0932. The molecule has 1 aromatic rings. The number of ether oxygens (including phenoxy) is 1. The minimum Gasteiger partial charge on any atom is -0.490 e. The van der Waals surface area contributed by atoms with Crippen molar-refractivity contribution in [2.75, 3.05) is 0 Å². The first kappa shape index (κ1) is 13.0. The molecule has 0 aliphatic carbocycles. The van der Waals surface area contributed by atoms with Crippen molar-refractivity contribution in [2.45, 2.75) is 33.3 Å². The number of benzene rings is 1. The Labute approximate surface area is 99.8 Å². The molecule has 0 amide bonds. The summed E-state index contributed by atoms with van der Waals surface area (Å²) in [5.41, 5.74) is 1.24. The fourth-order valence-electron chi connectivity index (χ4n) is 1.52. The lowest BCUT2D eigenvalue weighted by molar-refractivity contribution is -0.385. The van der Waals surface area contributed by atoms with Crippen molar-refractivity contribution in [3.05, 3.63) is 33.4 Å². The van der Waals surface area contributed by atoms with Crippen molar-refractivity contribution in [3.8, 4) is 11.8 Å². The fraction of sp³-hybridized carbons (Fsp3) is 0.417. The highest BCUT2D eigenvalue weighted by Gasteiger charge is 2.16. The standard InChI is InChI=1S/C12H14N2O3/c1-8(2)17-12-7-11(14(15)16)9(3)6-10(12)4-5-13/h6-8H,4H2,1-3H3. The van der Waals surface area contributed by atoms with Crippen molar-refractivity contribution in [1.82, 2.24) is 0 Å². The van der Waals surface area contributed by atoms with Crippen LogP contribution in [0, 0.1) is 28.4 Å². The molecule has 0 atom stereocenters. The molecule has 0 spiro atoms. The quantitative estimate of drug-likeness (QED) is 0.592. The molecule has 0 radical (unpaired) electrons. The van der Waals surface area contributed by atoms with Gasteiger partial charge in [0.25, 0.3) is 5.69 Å². The predicted molar refractivity (Wildman–Crippen MR) is 62.9 cm³/mol. The molecule has 0 bridgehead atoms. The zero-order chi connectivity index (χ0) is 13.0. The first-order valence-electron chi connectivity index (χ1n) is 5.27. The van der Waals surface area contributed by atoms with Gasteiger partial charge in [-0.25, -0.2) is 0 Å². The average molecular weight is 234 g/mol. The Morgan fingerprint density at radius 1 is 1.53 bits per heavy atom. The van der Waals surface area contributed by atoms with Crippen molar-refractivity contribution in [1.29, 1.82) is 5.26 Å². The molecule has 0 aromatic heterocycles. The predicted octanol–water partition coefficient (Wildman–Crippen LogP) is 2.76. The Kier molecular flexibility index (Phi) is 4.05. The maximum Gasteiger partial charge on any atom is 0.276 e. The maximum atomic E-state index is 10.8. The lowest BCUT2D eigenvalue weighted by atomic mass is 10.1. The second-order valence-electron chi connectivity index (χ2n) is 4.01. The summed E-state index contributed by atoms with van der Waals surface area (Å²) in [7, 11) is 0. The van der Waals surface area contributed by atoms with E-state index in [9.17, 15) is 10.1 Å². The molecule has 0 fully saturated rings. The van der Waals surface area contributed by atoms with E-state index in [0.29, 0.717) is 16.9 Å². The van der Waals surface area contributed by atoms with E-state index in [1.54, 1.807) is 13.0 Å². The highest BCUT2D eigenvalue weighted by atomic mass is 16.6. The Hall–Kier alpha value is -2.09. The smallest absolute Gasteiger partial charge is 0.276 e. The molecule has 0 aliphatic heterocycles. The highest BCUT2D eigenvalue weighted by molar-refractivity contribution is 5.51. The summed E-state index contributed by atoms with van der Waals surface area (Å²) in [6, 6.07) is 5.05. The third-order valence-corrected chi connectivity index (χ3v) is 2.21. The Balaban J connectivity index is 3.27. The fourth-order valence-corrected chi connectivity index (χ4v) is 1.52. The van der Waals surface area contributed by atoms with Crippen LogP contribution in [0.3, 0.4) is 0 Å². The van der Waals surface area contributed by atoms with Gasteiger partial charge in [-0.2, -0.15) is 5.26 Å². The van der Waals surface area contributed by atoms with Crippen LogP contribution in [0.15, 0.2) is 12.1 Å². The molecule has 0 aliphatic rings. The van der Waals surface area contributed by atoms with Crippen LogP contribution in [0.25, 0.3) is 0 Å². The van der Waals surface area contributed by atoms with Crippen molar-refractivity contribution >= 4 is 5.69 Å². The first-order chi connectivity index (χ1) is 7.95. The number of nitro benzene ring substituents is 1. The minimum atomic E-state index is -0.446. The summed E-state index contributed by atoms with van der Waals surface area (Å²) in [5.74, 6) is 0.416. The van der Waals surface area contributed by atoms with Gasteiger partial charge in [-0.3, -0.25) is 10.1 Å². The molecule has 0 saturated heterocycles. The van der Waals surface area contributed by atoms with Gasteiger partial charge in [0.05, 0.1) is 29.6 Å². The zero-order valence-electron chi connectivity index (χ0n) is 10.1. The normalized spacial score (nSPS) is 10.1. The summed E-state index contributed by atoms with van der Waals surface area (Å²) in [6.45, 7) is 5.32. The van der Waals surface area contributed by atoms with E-state index >= 15 is 0 Å². The van der Waals surface area contributed by atoms with Crippen LogP contribution in [0.1, 0.15) is 25.0 Å². The third kappa shape index (κ3) is 3.18. The van der Waals surface area contributed by atoms with E-state index in [1.807, 2.05) is 19.9 Å². The molecule has 1 rings (SSSR count). The Bertz CT molecular complexity index is 475. The van der Waals surface area contributed by atoms with Crippen molar-refractivity contribution in [3.63, 3.8) is 0 Å². The molecule has 5 heteroatoms. The van der Waals surface area contributed by atoms with Gasteiger partial charge in [0.1, 0.15) is 5.75 Å². The molecule has 0 heterocycles. The van der Waals surface area contributed by atoms with Crippen LogP contribution in [0.5, 0.6) is 5.75 Å². The van der Waals surface area contributed by atoms with Crippen LogP contribution in [0.2, 0.25) is 0 Å². The number of nitro groups is 1. The average Bonchev–Trinajstić information content (AvgIpc) is 2.21. The molecule has 0 unspecified atom stereocenters. The van der Waals surface area contributed by atoms with Gasteiger partial charge in [-0.15, -0.1) is 0 Å². The monoisotopic (exact) mass is 234 g/mol. The van der Waals surface area contributed by atoms with E-state index in [-0.39, 0.29) is 18.2 Å². The molecular weight excluding hydrogens is 220 g/mol. The number of rotatable bonds is 4. The van der Waals surface area contributed by atoms with Gasteiger partial charge in [-0.05, 0) is 26.8 Å². The van der Waals surface area contributed by atoms with E-state index < -0.39 is 4.92 Å². The number of nitriles is 1. The summed E-state index contributed by atoms with van der Waals surface area (Å²) in [5, 5.41) is 19.5. The Morgan fingerprint density at radius 2 is 2.18 bits per heavy atom. The van der Waals surface area contributed by atoms with E-state index in [0.717, 1.165) is 0 Å². The molecule has 0 saturated carbocycles. The van der Waals surface area contributed by atoms with Gasteiger partial charge < -0.3 is 4.74 Å². The van der Waals surface area contributed by atoms with E-state index in [2.05, 4.69) is 0 Å². The van der Waals surface area contributed by atoms with Gasteiger partial charge in [0.15, 0.2) is 0 Å². The lowest BCUT2D eigenvalue weighted by Gasteiger charge is -2.13. The molecule has 17 heavy (non-hydrogen) atoms. The SMILES string of the molecule is Cc1cc(CC#N)c(OC(C)C)cc1[N+](=O)[O-]. The zero-order valence-corrected chi connectivity index (χ0v) is 10.1. The lowest BCUT2D eigenvalue weighted by Crippen LogP contribution is -2.08. The third-order valence-electron chi connectivity index (χ3n) is 2.21. The van der Waals surface area contributed by atoms with Crippen LogP contribution in [0.4, 0.5) is 5.69 Å². The highest BCUT2D eigenvalue weighted by Crippen LogP contribution is 2.29. The number of nitrogens with zero attached hydrogens (tertiary/aromatic N) is 2. The molecule has 90 valence electrons. The summed E-state index contributed by atoms with van der Waals surface area (Å²) < 4.78 is 5.49. The van der Waals surface area contributed by atoms with Crippen LogP contribution in [-0.2, 0) is 6.42 Å². The number of hydrogen-bond donors (Lipinski definition) is 0. The van der Waals surface area contributed by atoms with Gasteiger partial charge >= 0.3 is 0 Å². The maximum absolute atomic E-state index is 10.8. The van der Waals surface area contributed by atoms with Crippen LogP contribution >= 0.6 is 0 Å². The number of aryl methyl sites for hydroxylation is 1. The first-order valence-corrected chi connectivity index (χ1v) is 5.27. The molecular formula is C12H14N2O3. The summed E-state index contributed by atoms with van der Waals surface area (Å²) >= 11 is 0. The van der Waals surface area contributed by atoms with Gasteiger partial charge in [0.2, 0.25) is 0 Å². The minimum absolute atomic E-state index is 0.0161. The molecule has 5 nitrogen and oxygen atoms in total. The summed E-state index contributed by atoms with van der Waals surface area (Å²) in [4.78, 5) is 10.4. The van der Waals surface area contributed by atoms with E-state index in [1.165, 1.54) is 6.07 Å². The van der Waals surface area contributed by atoms with Gasteiger partial charge in [0, 0.05) is 11.1 Å². The number of hydrogen-bond acceptors (Lipinski definition) is 4. The van der Waals surface area contributed by atoms with Crippen LogP contribution < -0.4 is 4.74 Å².